The number of benzene rings is 4. The van der Waals surface area contributed by atoms with Crippen molar-refractivity contribution in [3.05, 3.63) is 120 Å². The molecule has 212 valence electrons. The number of sulfonamides is 1. The fraction of sp³-hybridized carbons (Fsp3) is 0.0968. The number of hydrogen-bond acceptors (Lipinski definition) is 6. The van der Waals surface area contributed by atoms with Crippen LogP contribution in [-0.2, 0) is 19.9 Å². The Labute approximate surface area is 242 Å². The first kappa shape index (κ1) is 27.6. The van der Waals surface area contributed by atoms with E-state index in [-0.39, 0.29) is 31.7 Å². The van der Waals surface area contributed by atoms with Crippen molar-refractivity contribution in [3.8, 4) is 0 Å². The molecule has 2 aromatic heterocycles. The summed E-state index contributed by atoms with van der Waals surface area (Å²) >= 11 is 0. The lowest BCUT2D eigenvalue weighted by Gasteiger charge is -2.20. The second kappa shape index (κ2) is 10.3. The Morgan fingerprint density at radius 3 is 1.95 bits per heavy atom. The first-order chi connectivity index (χ1) is 20.1. The Balaban J connectivity index is 1.73. The van der Waals surface area contributed by atoms with E-state index in [1.165, 1.54) is 12.1 Å². The first-order valence-electron chi connectivity index (χ1n) is 13.0. The normalized spacial score (nSPS) is 12.9. The van der Waals surface area contributed by atoms with Gasteiger partial charge in [0.2, 0.25) is 9.84 Å². The minimum atomic E-state index is -4.39. The molecule has 8 nitrogen and oxygen atoms in total. The van der Waals surface area contributed by atoms with Gasteiger partial charge in [-0.2, -0.15) is 0 Å². The van der Waals surface area contributed by atoms with Crippen LogP contribution in [0.25, 0.3) is 22.2 Å². The lowest BCUT2D eigenvalue weighted by atomic mass is 10.1. The number of nitrogens with zero attached hydrogens (tertiary/aromatic N) is 3. The molecule has 0 saturated carbocycles. The third-order valence-electron chi connectivity index (χ3n) is 7.08. The van der Waals surface area contributed by atoms with Crippen LogP contribution in [0, 0.1) is 12.7 Å². The van der Waals surface area contributed by atoms with Crippen molar-refractivity contribution in [3.63, 3.8) is 0 Å². The molecule has 0 aliphatic carbocycles. The van der Waals surface area contributed by atoms with Crippen molar-refractivity contribution in [1.82, 2.24) is 14.5 Å². The maximum atomic E-state index is 14.4. The fourth-order valence-corrected chi connectivity index (χ4v) is 7.54. The Hall–Kier alpha value is -4.61. The van der Waals surface area contributed by atoms with E-state index in [0.29, 0.717) is 11.0 Å². The summed E-state index contributed by atoms with van der Waals surface area (Å²) in [6, 6.07) is 26.3. The molecule has 0 amide bonds. The molecule has 6 rings (SSSR count). The third-order valence-corrected chi connectivity index (χ3v) is 10.2. The molecular formula is C31H25FN4O4S2. The maximum Gasteiger partial charge on any atom is 0.263 e. The first-order valence-corrected chi connectivity index (χ1v) is 16.0. The number of aromatic nitrogens is 3. The van der Waals surface area contributed by atoms with Gasteiger partial charge in [-0.05, 0) is 67.9 Å². The molecule has 0 bridgehead atoms. The van der Waals surface area contributed by atoms with Crippen molar-refractivity contribution in [2.45, 2.75) is 34.6 Å². The quantitative estimate of drug-likeness (QED) is 0.231. The number of hydrogen-bond donors (Lipinski definition) is 1. The number of halogens is 1. The lowest BCUT2D eigenvalue weighted by molar-refractivity contribution is 0.595. The van der Waals surface area contributed by atoms with E-state index in [1.54, 1.807) is 41.0 Å². The topological polar surface area (TPSA) is 111 Å². The summed E-state index contributed by atoms with van der Waals surface area (Å²) in [4.78, 5) is 8.91. The minimum absolute atomic E-state index is 0.0221. The average Bonchev–Trinajstić information content (AvgIpc) is 3.28. The molecule has 1 N–H and O–H groups in total. The molecule has 2 heterocycles. The summed E-state index contributed by atoms with van der Waals surface area (Å²) in [6.45, 7) is 3.66. The smallest absolute Gasteiger partial charge is 0.263 e. The van der Waals surface area contributed by atoms with Gasteiger partial charge in [0.05, 0.1) is 26.9 Å². The predicted molar refractivity (Wildman–Crippen MR) is 159 cm³/mol. The number of sulfone groups is 1. The van der Waals surface area contributed by atoms with Gasteiger partial charge in [0.25, 0.3) is 10.0 Å². The van der Waals surface area contributed by atoms with Crippen LogP contribution in [0.15, 0.2) is 118 Å². The van der Waals surface area contributed by atoms with Crippen molar-refractivity contribution < 1.29 is 21.2 Å². The molecule has 0 spiro atoms. The molecule has 42 heavy (non-hydrogen) atoms. The number of anilines is 1. The summed E-state index contributed by atoms with van der Waals surface area (Å²) in [6.07, 6.45) is 0. The maximum absolute atomic E-state index is 14.4. The summed E-state index contributed by atoms with van der Waals surface area (Å²) < 4.78 is 73.9. The Morgan fingerprint density at radius 2 is 1.31 bits per heavy atom. The highest BCUT2D eigenvalue weighted by Crippen LogP contribution is 2.41. The Kier molecular flexibility index (Phi) is 6.78. The van der Waals surface area contributed by atoms with Crippen LogP contribution < -0.4 is 4.72 Å². The zero-order valence-corrected chi connectivity index (χ0v) is 24.2. The van der Waals surface area contributed by atoms with Gasteiger partial charge in [-0.1, -0.05) is 60.2 Å². The van der Waals surface area contributed by atoms with Crippen LogP contribution in [0.1, 0.15) is 24.1 Å². The van der Waals surface area contributed by atoms with Gasteiger partial charge in [-0.3, -0.25) is 4.72 Å². The molecule has 4 aromatic carbocycles. The number of aryl methyl sites for hydroxylation is 1. The van der Waals surface area contributed by atoms with Gasteiger partial charge in [0, 0.05) is 0 Å². The standard InChI is InChI=1S/C31H25FN4O4S2/c1-20-12-16-24(17-13-20)41(37,38)29-28-30(34-27-11-7-6-10-26(27)33-28)36(21(2)22-8-4-3-5-9-22)31(29)35-42(39,40)25-18-14-23(32)15-19-25/h3-19,21,35H,1-2H3. The van der Waals surface area contributed by atoms with Crippen LogP contribution in [0.5, 0.6) is 0 Å². The predicted octanol–water partition coefficient (Wildman–Crippen LogP) is 6.27. The van der Waals surface area contributed by atoms with Gasteiger partial charge < -0.3 is 4.57 Å². The summed E-state index contributed by atoms with van der Waals surface area (Å²) in [5.41, 5.74) is 2.81. The molecular weight excluding hydrogens is 575 g/mol. The third kappa shape index (κ3) is 4.80. The Bertz CT molecular complexity index is 2170. The van der Waals surface area contributed by atoms with Gasteiger partial charge >= 0.3 is 0 Å². The SMILES string of the molecule is Cc1ccc(S(=O)(=O)c2c(NS(=O)(=O)c3ccc(F)cc3)n(C(C)c3ccccc3)c3nc4ccccc4nc23)cc1. The van der Waals surface area contributed by atoms with Crippen molar-refractivity contribution in [2.75, 3.05) is 4.72 Å². The molecule has 1 unspecified atom stereocenters. The zero-order chi connectivity index (χ0) is 29.6. The van der Waals surface area contributed by atoms with E-state index in [0.717, 1.165) is 35.4 Å². The van der Waals surface area contributed by atoms with E-state index in [4.69, 9.17) is 9.97 Å². The Morgan fingerprint density at radius 1 is 0.738 bits per heavy atom. The van der Waals surface area contributed by atoms with Crippen LogP contribution in [0.4, 0.5) is 10.2 Å². The van der Waals surface area contributed by atoms with Gasteiger partial charge in [-0.15, -0.1) is 0 Å². The van der Waals surface area contributed by atoms with Crippen LogP contribution >= 0.6 is 0 Å². The fourth-order valence-electron chi connectivity index (χ4n) is 4.88. The van der Waals surface area contributed by atoms with Crippen molar-refractivity contribution in [2.24, 2.45) is 0 Å². The van der Waals surface area contributed by atoms with Crippen molar-refractivity contribution in [1.29, 1.82) is 0 Å². The number of para-hydroxylation sites is 2. The van der Waals surface area contributed by atoms with Crippen molar-refractivity contribution >= 4 is 47.9 Å². The summed E-state index contributed by atoms with van der Waals surface area (Å²) in [7, 11) is -8.74. The molecule has 0 saturated heterocycles. The molecule has 0 fully saturated rings. The van der Waals surface area contributed by atoms with Crippen LogP contribution in [0.2, 0.25) is 0 Å². The minimum Gasteiger partial charge on any atom is -0.302 e. The molecule has 0 aliphatic rings. The van der Waals surface area contributed by atoms with Crippen LogP contribution in [-0.4, -0.2) is 31.4 Å². The molecule has 0 radical (unpaired) electrons. The number of fused-ring (bicyclic) bond motifs is 2. The highest BCUT2D eigenvalue weighted by atomic mass is 32.2. The number of rotatable bonds is 7. The van der Waals surface area contributed by atoms with Crippen LogP contribution in [0.3, 0.4) is 0 Å². The average molecular weight is 601 g/mol. The molecule has 6 aromatic rings. The van der Waals surface area contributed by atoms with E-state index >= 15 is 0 Å². The highest BCUT2D eigenvalue weighted by Gasteiger charge is 2.35. The van der Waals surface area contributed by atoms with E-state index in [9.17, 15) is 21.2 Å². The number of nitrogens with one attached hydrogen (secondary N) is 1. The molecule has 0 aliphatic heterocycles. The zero-order valence-electron chi connectivity index (χ0n) is 22.6. The lowest BCUT2D eigenvalue weighted by Crippen LogP contribution is -2.20. The highest BCUT2D eigenvalue weighted by molar-refractivity contribution is 7.93. The van der Waals surface area contributed by atoms with Gasteiger partial charge in [0.15, 0.2) is 5.65 Å². The summed E-state index contributed by atoms with van der Waals surface area (Å²) in [5.74, 6) is -0.829. The van der Waals surface area contributed by atoms with E-state index < -0.39 is 31.7 Å². The van der Waals surface area contributed by atoms with Gasteiger partial charge in [0.1, 0.15) is 22.0 Å². The van der Waals surface area contributed by atoms with E-state index in [2.05, 4.69) is 4.72 Å². The molecule has 1 atom stereocenters. The second-order valence-electron chi connectivity index (χ2n) is 9.89. The van der Waals surface area contributed by atoms with E-state index in [1.807, 2.05) is 44.2 Å². The monoisotopic (exact) mass is 600 g/mol. The van der Waals surface area contributed by atoms with Gasteiger partial charge in [-0.25, -0.2) is 31.2 Å². The second-order valence-corrected chi connectivity index (χ2v) is 13.5. The molecule has 11 heteroatoms. The largest absolute Gasteiger partial charge is 0.302 e. The summed E-state index contributed by atoms with van der Waals surface area (Å²) in [5, 5.41) is 0.